The molecule has 0 bridgehead atoms. The van der Waals surface area contributed by atoms with E-state index in [1.165, 1.54) is 30.9 Å². The summed E-state index contributed by atoms with van der Waals surface area (Å²) in [6.45, 7) is 2.40. The lowest BCUT2D eigenvalue weighted by Crippen LogP contribution is -2.29. The first kappa shape index (κ1) is 22.3. The van der Waals surface area contributed by atoms with Crippen LogP contribution in [0.3, 0.4) is 0 Å². The normalized spacial score (nSPS) is 22.2. The van der Waals surface area contributed by atoms with Gasteiger partial charge < -0.3 is 14.2 Å². The molecule has 1 saturated carbocycles. The highest BCUT2D eigenvalue weighted by Gasteiger charge is 2.44. The Morgan fingerprint density at radius 1 is 1.16 bits per heavy atom. The van der Waals surface area contributed by atoms with E-state index in [1.54, 1.807) is 7.11 Å². The SMILES string of the molecule is COCC1(c2ccc(Cc3cc([C@@H]4[CH][CH][CH][C@H](COC(C)=O)O4)ccc3Cl)cc2)CC1. The van der Waals surface area contributed by atoms with Crippen molar-refractivity contribution in [1.82, 2.24) is 0 Å². The zero-order valence-electron chi connectivity index (χ0n) is 18.0. The summed E-state index contributed by atoms with van der Waals surface area (Å²) in [6, 6.07) is 14.8. The van der Waals surface area contributed by atoms with Gasteiger partial charge in [0, 0.05) is 24.5 Å². The van der Waals surface area contributed by atoms with Crippen LogP contribution in [-0.4, -0.2) is 32.4 Å². The molecule has 0 amide bonds. The molecule has 0 N–H and O–H groups in total. The molecule has 4 nitrogen and oxygen atoms in total. The van der Waals surface area contributed by atoms with Gasteiger partial charge in [0.15, 0.2) is 0 Å². The number of methoxy groups -OCH3 is 1. The third-order valence-corrected chi connectivity index (χ3v) is 6.39. The van der Waals surface area contributed by atoms with Crippen molar-refractivity contribution < 1.29 is 19.0 Å². The Kier molecular flexibility index (Phi) is 7.00. The average molecular weight is 440 g/mol. The van der Waals surface area contributed by atoms with Crippen molar-refractivity contribution in [1.29, 1.82) is 0 Å². The van der Waals surface area contributed by atoms with E-state index >= 15 is 0 Å². The van der Waals surface area contributed by atoms with E-state index in [1.807, 2.05) is 31.4 Å². The van der Waals surface area contributed by atoms with Crippen molar-refractivity contribution in [2.24, 2.45) is 0 Å². The van der Waals surface area contributed by atoms with E-state index in [0.717, 1.165) is 29.2 Å². The summed E-state index contributed by atoms with van der Waals surface area (Å²) in [6.07, 6.45) is 8.54. The molecule has 0 unspecified atom stereocenters. The van der Waals surface area contributed by atoms with Gasteiger partial charge in [-0.15, -0.1) is 0 Å². The van der Waals surface area contributed by atoms with Gasteiger partial charge in [-0.25, -0.2) is 0 Å². The second-order valence-electron chi connectivity index (χ2n) is 8.41. The zero-order valence-corrected chi connectivity index (χ0v) is 18.7. The van der Waals surface area contributed by atoms with E-state index in [0.29, 0.717) is 0 Å². The Labute approximate surface area is 189 Å². The molecular weight excluding hydrogens is 412 g/mol. The molecular formula is C26H28ClO4. The number of benzene rings is 2. The number of hydrogen-bond acceptors (Lipinski definition) is 4. The quantitative estimate of drug-likeness (QED) is 0.528. The molecule has 163 valence electrons. The highest BCUT2D eigenvalue weighted by atomic mass is 35.5. The number of hydrogen-bond donors (Lipinski definition) is 0. The predicted molar refractivity (Wildman–Crippen MR) is 121 cm³/mol. The van der Waals surface area contributed by atoms with Crippen LogP contribution in [0.4, 0.5) is 0 Å². The summed E-state index contributed by atoms with van der Waals surface area (Å²) in [5, 5.41) is 0.744. The van der Waals surface area contributed by atoms with Crippen LogP contribution in [0.5, 0.6) is 0 Å². The summed E-state index contributed by atoms with van der Waals surface area (Å²) < 4.78 is 16.6. The first-order valence-corrected chi connectivity index (χ1v) is 11.0. The molecule has 1 heterocycles. The summed E-state index contributed by atoms with van der Waals surface area (Å²) in [4.78, 5) is 11.1. The molecule has 5 heteroatoms. The summed E-state index contributed by atoms with van der Waals surface area (Å²) in [5.41, 5.74) is 4.89. The fraction of sp³-hybridized carbons (Fsp3) is 0.385. The maximum atomic E-state index is 11.1. The van der Waals surface area contributed by atoms with E-state index in [4.69, 9.17) is 25.8 Å². The number of halogens is 1. The molecule has 2 aromatic carbocycles. The Balaban J connectivity index is 1.44. The third-order valence-electron chi connectivity index (χ3n) is 6.02. The minimum absolute atomic E-state index is 0.201. The summed E-state index contributed by atoms with van der Waals surface area (Å²) in [5.74, 6) is -0.308. The van der Waals surface area contributed by atoms with E-state index in [2.05, 4.69) is 30.3 Å². The second-order valence-corrected chi connectivity index (χ2v) is 8.82. The minimum Gasteiger partial charge on any atom is -0.463 e. The lowest BCUT2D eigenvalue weighted by atomic mass is 9.93. The third kappa shape index (κ3) is 5.49. The van der Waals surface area contributed by atoms with Crippen LogP contribution in [0.1, 0.15) is 48.1 Å². The Hall–Kier alpha value is -1.88. The van der Waals surface area contributed by atoms with Crippen molar-refractivity contribution in [3.05, 3.63) is 89.0 Å². The van der Waals surface area contributed by atoms with Crippen molar-refractivity contribution in [3.8, 4) is 0 Å². The molecule has 3 radical (unpaired) electrons. The van der Waals surface area contributed by atoms with Crippen LogP contribution in [0.15, 0.2) is 42.5 Å². The maximum absolute atomic E-state index is 11.1. The van der Waals surface area contributed by atoms with Gasteiger partial charge in [-0.1, -0.05) is 48.0 Å². The van der Waals surface area contributed by atoms with E-state index < -0.39 is 0 Å². The van der Waals surface area contributed by atoms with Crippen LogP contribution >= 0.6 is 11.6 Å². The first-order valence-electron chi connectivity index (χ1n) is 10.7. The topological polar surface area (TPSA) is 44.8 Å². The molecule has 1 aliphatic carbocycles. The highest BCUT2D eigenvalue weighted by molar-refractivity contribution is 6.31. The molecule has 2 fully saturated rings. The van der Waals surface area contributed by atoms with Gasteiger partial charge in [-0.3, -0.25) is 4.79 Å². The predicted octanol–water partition coefficient (Wildman–Crippen LogP) is 5.22. The number of carbonyl (C=O) groups is 1. The summed E-state index contributed by atoms with van der Waals surface area (Å²) >= 11 is 6.51. The van der Waals surface area contributed by atoms with Crippen molar-refractivity contribution in [2.45, 2.75) is 43.8 Å². The number of carbonyl (C=O) groups excluding carboxylic acids is 1. The monoisotopic (exact) mass is 439 g/mol. The number of rotatable bonds is 8. The molecule has 0 spiro atoms. The fourth-order valence-corrected chi connectivity index (χ4v) is 4.28. The molecule has 31 heavy (non-hydrogen) atoms. The molecule has 0 aromatic heterocycles. The first-order chi connectivity index (χ1) is 15.0. The Morgan fingerprint density at radius 2 is 1.94 bits per heavy atom. The second kappa shape index (κ2) is 9.72. The van der Waals surface area contributed by atoms with Gasteiger partial charge in [0.1, 0.15) is 6.61 Å². The van der Waals surface area contributed by atoms with Gasteiger partial charge in [-0.05, 0) is 66.8 Å². The van der Waals surface area contributed by atoms with Gasteiger partial charge in [0.25, 0.3) is 0 Å². The van der Waals surface area contributed by atoms with Gasteiger partial charge in [-0.2, -0.15) is 0 Å². The molecule has 2 aromatic rings. The highest BCUT2D eigenvalue weighted by Crippen LogP contribution is 2.48. The van der Waals surface area contributed by atoms with Gasteiger partial charge in [0.2, 0.25) is 0 Å². The molecule has 4 rings (SSSR count). The van der Waals surface area contributed by atoms with E-state index in [-0.39, 0.29) is 30.2 Å². The smallest absolute Gasteiger partial charge is 0.302 e. The molecule has 1 aliphatic heterocycles. The number of ether oxygens (including phenoxy) is 3. The van der Waals surface area contributed by atoms with Crippen molar-refractivity contribution in [2.75, 3.05) is 20.3 Å². The number of esters is 1. The van der Waals surface area contributed by atoms with Crippen molar-refractivity contribution in [3.63, 3.8) is 0 Å². The van der Waals surface area contributed by atoms with Gasteiger partial charge in [0.05, 0.1) is 18.8 Å². The van der Waals surface area contributed by atoms with Crippen LogP contribution < -0.4 is 0 Å². The standard InChI is InChI=1S/C26H28ClO4/c1-18(28)30-16-23-4-3-5-25(31-23)20-8-11-24(27)21(15-20)14-19-6-9-22(10-7-19)26(12-13-26)17-29-2/h3-11,15,23,25H,12-14,16-17H2,1-2H3/t23-,25+/m1/s1. The lowest BCUT2D eigenvalue weighted by molar-refractivity contribution is -0.145. The minimum atomic E-state index is -0.308. The fourth-order valence-electron chi connectivity index (χ4n) is 4.10. The molecule has 2 aliphatic rings. The largest absolute Gasteiger partial charge is 0.463 e. The lowest BCUT2D eigenvalue weighted by Gasteiger charge is -2.29. The molecule has 2 atom stereocenters. The van der Waals surface area contributed by atoms with Crippen LogP contribution in [0.2, 0.25) is 5.02 Å². The Bertz CT molecular complexity index is 904. The van der Waals surface area contributed by atoms with E-state index in [9.17, 15) is 4.79 Å². The summed E-state index contributed by atoms with van der Waals surface area (Å²) in [7, 11) is 1.77. The van der Waals surface area contributed by atoms with Crippen LogP contribution in [0, 0.1) is 19.3 Å². The van der Waals surface area contributed by atoms with Crippen LogP contribution in [-0.2, 0) is 30.8 Å². The molecule has 1 saturated heterocycles. The Morgan fingerprint density at radius 3 is 2.61 bits per heavy atom. The van der Waals surface area contributed by atoms with Crippen LogP contribution in [0.25, 0.3) is 0 Å². The van der Waals surface area contributed by atoms with Gasteiger partial charge >= 0.3 is 5.97 Å². The maximum Gasteiger partial charge on any atom is 0.302 e. The van der Waals surface area contributed by atoms with Crippen molar-refractivity contribution >= 4 is 17.6 Å². The average Bonchev–Trinajstić information content (AvgIpc) is 3.55. The zero-order chi connectivity index (χ0) is 21.8.